The van der Waals surface area contributed by atoms with E-state index in [2.05, 4.69) is 228 Å². The third-order valence-corrected chi connectivity index (χ3v) is 10.6. The van der Waals surface area contributed by atoms with Crippen molar-refractivity contribution in [2.45, 2.75) is 0 Å². The lowest BCUT2D eigenvalue weighted by atomic mass is 9.94. The van der Waals surface area contributed by atoms with Gasteiger partial charge in [-0.05, 0) is 87.3 Å². The molecular weight excluding hydrogens is 653 g/mol. The molecule has 0 unspecified atom stereocenters. The molecule has 2 nitrogen and oxygen atoms in total. The highest BCUT2D eigenvalue weighted by atomic mass is 15.1. The molecule has 1 aromatic heterocycles. The van der Waals surface area contributed by atoms with Crippen LogP contribution in [0.15, 0.2) is 218 Å². The normalized spacial score (nSPS) is 11.3. The van der Waals surface area contributed by atoms with Gasteiger partial charge >= 0.3 is 0 Å². The summed E-state index contributed by atoms with van der Waals surface area (Å²) in [6.45, 7) is 0. The molecule has 0 N–H and O–H groups in total. The third-order valence-electron chi connectivity index (χ3n) is 10.6. The second kappa shape index (κ2) is 13.4. The molecule has 254 valence electrons. The van der Waals surface area contributed by atoms with Crippen molar-refractivity contribution < 1.29 is 0 Å². The van der Waals surface area contributed by atoms with Gasteiger partial charge in [0.1, 0.15) is 0 Å². The van der Waals surface area contributed by atoms with Gasteiger partial charge in [0.15, 0.2) is 0 Å². The van der Waals surface area contributed by atoms with E-state index in [9.17, 15) is 0 Å². The zero-order valence-electron chi connectivity index (χ0n) is 29.7. The fourth-order valence-electron chi connectivity index (χ4n) is 8.02. The molecule has 0 bridgehead atoms. The van der Waals surface area contributed by atoms with Crippen LogP contribution in [0.1, 0.15) is 0 Å². The second-order valence-electron chi connectivity index (χ2n) is 13.8. The highest BCUT2D eigenvalue weighted by Gasteiger charge is 2.20. The summed E-state index contributed by atoms with van der Waals surface area (Å²) in [7, 11) is 0. The molecule has 0 saturated heterocycles. The lowest BCUT2D eigenvalue weighted by Crippen LogP contribution is -2.11. The Balaban J connectivity index is 1.17. The van der Waals surface area contributed by atoms with Crippen molar-refractivity contribution in [3.8, 4) is 39.1 Å². The van der Waals surface area contributed by atoms with Crippen LogP contribution < -0.4 is 4.90 Å². The summed E-state index contributed by atoms with van der Waals surface area (Å²) in [6.07, 6.45) is 0. The smallest absolute Gasteiger partial charge is 0.0561 e. The van der Waals surface area contributed by atoms with E-state index in [-0.39, 0.29) is 0 Å². The number of benzene rings is 9. The van der Waals surface area contributed by atoms with Crippen LogP contribution in [0.4, 0.5) is 17.1 Å². The van der Waals surface area contributed by atoms with Gasteiger partial charge < -0.3 is 9.47 Å². The summed E-state index contributed by atoms with van der Waals surface area (Å²) in [5.74, 6) is 0. The first kappa shape index (κ1) is 31.6. The molecular formula is C52H36N2. The molecule has 0 aliphatic heterocycles. The van der Waals surface area contributed by atoms with E-state index in [1.54, 1.807) is 0 Å². The van der Waals surface area contributed by atoms with Crippen LogP contribution in [-0.4, -0.2) is 4.57 Å². The number of fused-ring (bicyclic) bond motifs is 4. The zero-order chi connectivity index (χ0) is 35.8. The van der Waals surface area contributed by atoms with Crippen molar-refractivity contribution in [1.29, 1.82) is 0 Å². The summed E-state index contributed by atoms with van der Waals surface area (Å²) in [6, 6.07) is 78.9. The van der Waals surface area contributed by atoms with Crippen molar-refractivity contribution in [3.63, 3.8) is 0 Å². The minimum atomic E-state index is 1.10. The van der Waals surface area contributed by atoms with Crippen LogP contribution >= 0.6 is 0 Å². The van der Waals surface area contributed by atoms with Crippen molar-refractivity contribution in [2.24, 2.45) is 0 Å². The van der Waals surface area contributed by atoms with E-state index >= 15 is 0 Å². The van der Waals surface area contributed by atoms with E-state index in [0.717, 1.165) is 22.7 Å². The Kier molecular flexibility index (Phi) is 7.85. The average molecular weight is 689 g/mol. The van der Waals surface area contributed by atoms with E-state index in [0.29, 0.717) is 0 Å². The van der Waals surface area contributed by atoms with E-state index in [1.807, 2.05) is 0 Å². The van der Waals surface area contributed by atoms with Gasteiger partial charge in [-0.3, -0.25) is 0 Å². The van der Waals surface area contributed by atoms with E-state index in [1.165, 1.54) is 66.0 Å². The largest absolute Gasteiger partial charge is 0.310 e. The predicted molar refractivity (Wildman–Crippen MR) is 229 cm³/mol. The fraction of sp³-hybridized carbons (Fsp3) is 0. The fourth-order valence-corrected chi connectivity index (χ4v) is 8.02. The van der Waals surface area contributed by atoms with Gasteiger partial charge in [0.2, 0.25) is 0 Å². The van der Waals surface area contributed by atoms with Crippen LogP contribution in [0.25, 0.3) is 71.6 Å². The topological polar surface area (TPSA) is 8.17 Å². The van der Waals surface area contributed by atoms with Gasteiger partial charge in [-0.2, -0.15) is 0 Å². The molecule has 2 heteroatoms. The number of nitrogens with zero attached hydrogens (tertiary/aromatic N) is 2. The molecule has 0 saturated carbocycles. The van der Waals surface area contributed by atoms with Crippen molar-refractivity contribution >= 4 is 49.6 Å². The minimum Gasteiger partial charge on any atom is -0.310 e. The molecule has 1 heterocycles. The van der Waals surface area contributed by atoms with Crippen LogP contribution in [0.2, 0.25) is 0 Å². The van der Waals surface area contributed by atoms with Gasteiger partial charge in [-0.15, -0.1) is 0 Å². The molecule has 0 aliphatic rings. The summed E-state index contributed by atoms with van der Waals surface area (Å²) >= 11 is 0. The summed E-state index contributed by atoms with van der Waals surface area (Å²) in [4.78, 5) is 2.42. The Bertz CT molecular complexity index is 2890. The molecule has 0 aliphatic carbocycles. The first-order valence-corrected chi connectivity index (χ1v) is 18.5. The van der Waals surface area contributed by atoms with E-state index in [4.69, 9.17) is 0 Å². The molecule has 10 aromatic rings. The maximum Gasteiger partial charge on any atom is 0.0561 e. The predicted octanol–water partition coefficient (Wildman–Crippen LogP) is 14.4. The average Bonchev–Trinajstić information content (AvgIpc) is 3.59. The Morgan fingerprint density at radius 1 is 0.296 bits per heavy atom. The SMILES string of the molecule is c1ccc(-c2ccc(-c3ccc(N(c4ccc(-c5ccccc5)cc4)c4ccc5c6ccccc6n(-c6ccccc6)c5c4)c4ccccc34)cc2)cc1. The molecule has 0 atom stereocenters. The number of aromatic nitrogens is 1. The van der Waals surface area contributed by atoms with Crippen LogP contribution in [0, 0.1) is 0 Å². The lowest BCUT2D eigenvalue weighted by molar-refractivity contribution is 1.18. The van der Waals surface area contributed by atoms with Gasteiger partial charge in [-0.1, -0.05) is 170 Å². The third kappa shape index (κ3) is 5.53. The van der Waals surface area contributed by atoms with Crippen molar-refractivity contribution in [3.05, 3.63) is 218 Å². The Morgan fingerprint density at radius 2 is 0.778 bits per heavy atom. The van der Waals surface area contributed by atoms with Gasteiger partial charge in [0.25, 0.3) is 0 Å². The first-order valence-electron chi connectivity index (χ1n) is 18.5. The number of hydrogen-bond donors (Lipinski definition) is 0. The number of hydrogen-bond acceptors (Lipinski definition) is 1. The van der Waals surface area contributed by atoms with Gasteiger partial charge in [0, 0.05) is 33.2 Å². The van der Waals surface area contributed by atoms with Crippen LogP contribution in [0.3, 0.4) is 0 Å². The minimum absolute atomic E-state index is 1.10. The molecule has 9 aromatic carbocycles. The molecule has 0 amide bonds. The van der Waals surface area contributed by atoms with E-state index < -0.39 is 0 Å². The standard InChI is InChI=1S/C52H36N2/c1-4-14-37(15-5-1)39-24-26-41(27-25-39)45-34-35-51(47-21-11-10-20-46(45)47)53(43-30-28-40(29-31-43)38-16-6-2-7-17-38)44-32-33-49-48-22-12-13-23-50(48)54(52(49)36-44)42-18-8-3-9-19-42/h1-36H. The van der Waals surface area contributed by atoms with Crippen molar-refractivity contribution in [1.82, 2.24) is 4.57 Å². The molecule has 54 heavy (non-hydrogen) atoms. The van der Waals surface area contributed by atoms with Crippen molar-refractivity contribution in [2.75, 3.05) is 4.90 Å². The first-order chi connectivity index (χ1) is 26.8. The van der Waals surface area contributed by atoms with Gasteiger partial charge in [-0.25, -0.2) is 0 Å². The number of para-hydroxylation sites is 2. The highest BCUT2D eigenvalue weighted by molar-refractivity contribution is 6.11. The Morgan fingerprint density at radius 3 is 1.44 bits per heavy atom. The molecule has 10 rings (SSSR count). The monoisotopic (exact) mass is 688 g/mol. The van der Waals surface area contributed by atoms with Crippen LogP contribution in [-0.2, 0) is 0 Å². The summed E-state index contributed by atoms with van der Waals surface area (Å²) < 4.78 is 2.39. The lowest BCUT2D eigenvalue weighted by Gasteiger charge is -2.28. The Hall–Kier alpha value is -7.16. The molecule has 0 radical (unpaired) electrons. The second-order valence-corrected chi connectivity index (χ2v) is 13.8. The quantitative estimate of drug-likeness (QED) is 0.162. The van der Waals surface area contributed by atoms with Gasteiger partial charge in [0.05, 0.1) is 16.7 Å². The summed E-state index contributed by atoms with van der Waals surface area (Å²) in [5, 5.41) is 4.89. The molecule has 0 fully saturated rings. The summed E-state index contributed by atoms with van der Waals surface area (Å²) in [5.41, 5.74) is 14.1. The maximum absolute atomic E-state index is 2.42. The number of rotatable bonds is 7. The Labute approximate surface area is 315 Å². The zero-order valence-corrected chi connectivity index (χ0v) is 29.7. The number of anilines is 3. The highest BCUT2D eigenvalue weighted by Crippen LogP contribution is 2.44. The molecule has 0 spiro atoms. The maximum atomic E-state index is 2.42. The van der Waals surface area contributed by atoms with Crippen LogP contribution in [0.5, 0.6) is 0 Å².